The Kier molecular flexibility index (Phi) is 5.90. The highest BCUT2D eigenvalue weighted by atomic mass is 16.5. The average molecular weight is 398 g/mol. The van der Waals surface area contributed by atoms with E-state index in [1.807, 2.05) is 95.8 Å². The lowest BCUT2D eigenvalue weighted by Crippen LogP contribution is -2.08. The normalized spacial score (nSPS) is 10.6. The third kappa shape index (κ3) is 4.58. The van der Waals surface area contributed by atoms with Gasteiger partial charge in [0, 0.05) is 17.3 Å². The Morgan fingerprint density at radius 1 is 0.900 bits per heavy atom. The third-order valence-corrected chi connectivity index (χ3v) is 4.75. The van der Waals surface area contributed by atoms with Crippen molar-refractivity contribution in [2.45, 2.75) is 13.0 Å². The summed E-state index contributed by atoms with van der Waals surface area (Å²) in [7, 11) is 1.61. The lowest BCUT2D eigenvalue weighted by Gasteiger charge is -2.06. The molecule has 4 rings (SSSR count). The molecule has 0 amide bonds. The Bertz CT molecular complexity index is 1100. The first kappa shape index (κ1) is 19.5. The van der Waals surface area contributed by atoms with Crippen LogP contribution in [-0.4, -0.2) is 22.9 Å². The molecule has 0 atom stereocenters. The van der Waals surface area contributed by atoms with Crippen molar-refractivity contribution in [1.29, 1.82) is 0 Å². The number of carbonyl (C=O) groups is 1. The molecular weight excluding hydrogens is 376 g/mol. The first-order valence-electron chi connectivity index (χ1n) is 9.71. The minimum absolute atomic E-state index is 0.159. The zero-order valence-corrected chi connectivity index (χ0v) is 16.7. The van der Waals surface area contributed by atoms with Gasteiger partial charge in [-0.15, -0.1) is 0 Å². The van der Waals surface area contributed by atoms with Crippen molar-refractivity contribution >= 4 is 5.97 Å². The molecule has 0 saturated heterocycles. The molecule has 1 aromatic heterocycles. The smallest absolute Gasteiger partial charge is 0.310 e. The lowest BCUT2D eigenvalue weighted by atomic mass is 10.1. The number of ether oxygens (including phenoxy) is 2. The summed E-state index contributed by atoms with van der Waals surface area (Å²) < 4.78 is 12.5. The number of carbonyl (C=O) groups excluding carboxylic acids is 1. The van der Waals surface area contributed by atoms with Gasteiger partial charge in [0.2, 0.25) is 0 Å². The molecule has 30 heavy (non-hydrogen) atoms. The Morgan fingerprint density at radius 2 is 1.57 bits per heavy atom. The van der Waals surface area contributed by atoms with Crippen molar-refractivity contribution in [2.75, 3.05) is 7.11 Å². The maximum atomic E-state index is 12.4. The standard InChI is InChI=1S/C25H22N2O3/c1-29-23-14-12-19(13-15-23)16-24(28)30-18-21-17-27(22-10-6-3-7-11-22)26-25(21)20-8-4-2-5-9-20/h2-15,17H,16,18H2,1H3. The first-order chi connectivity index (χ1) is 14.7. The molecule has 0 radical (unpaired) electrons. The van der Waals surface area contributed by atoms with Crippen LogP contribution in [0.3, 0.4) is 0 Å². The number of aromatic nitrogens is 2. The Balaban J connectivity index is 1.52. The van der Waals surface area contributed by atoms with Crippen LogP contribution in [0.5, 0.6) is 5.75 Å². The molecule has 0 unspecified atom stereocenters. The SMILES string of the molecule is COc1ccc(CC(=O)OCc2cn(-c3ccccc3)nc2-c2ccccc2)cc1. The molecule has 0 aliphatic rings. The molecule has 5 nitrogen and oxygen atoms in total. The van der Waals surface area contributed by atoms with Crippen LogP contribution < -0.4 is 4.74 Å². The van der Waals surface area contributed by atoms with Gasteiger partial charge in [-0.25, -0.2) is 4.68 Å². The lowest BCUT2D eigenvalue weighted by molar-refractivity contribution is -0.144. The van der Waals surface area contributed by atoms with E-state index in [2.05, 4.69) is 0 Å². The summed E-state index contributed by atoms with van der Waals surface area (Å²) in [6, 6.07) is 27.2. The van der Waals surface area contributed by atoms with Gasteiger partial charge in [0.05, 0.1) is 24.9 Å². The van der Waals surface area contributed by atoms with Crippen molar-refractivity contribution in [1.82, 2.24) is 9.78 Å². The van der Waals surface area contributed by atoms with E-state index < -0.39 is 0 Å². The van der Waals surface area contributed by atoms with Crippen LogP contribution >= 0.6 is 0 Å². The zero-order valence-electron chi connectivity index (χ0n) is 16.7. The van der Waals surface area contributed by atoms with Crippen molar-refractivity contribution in [3.8, 4) is 22.7 Å². The van der Waals surface area contributed by atoms with Gasteiger partial charge in [-0.2, -0.15) is 5.10 Å². The highest BCUT2D eigenvalue weighted by Crippen LogP contribution is 2.24. The van der Waals surface area contributed by atoms with Crippen molar-refractivity contribution in [2.24, 2.45) is 0 Å². The monoisotopic (exact) mass is 398 g/mol. The largest absolute Gasteiger partial charge is 0.497 e. The quantitative estimate of drug-likeness (QED) is 0.418. The molecule has 0 spiro atoms. The van der Waals surface area contributed by atoms with Crippen LogP contribution in [-0.2, 0) is 22.6 Å². The summed E-state index contributed by atoms with van der Waals surface area (Å²) >= 11 is 0. The molecule has 0 fully saturated rings. The Morgan fingerprint density at radius 3 is 2.23 bits per heavy atom. The molecule has 0 aliphatic heterocycles. The van der Waals surface area contributed by atoms with Crippen molar-refractivity contribution < 1.29 is 14.3 Å². The molecule has 5 heteroatoms. The van der Waals surface area contributed by atoms with Crippen molar-refractivity contribution in [3.05, 3.63) is 102 Å². The van der Waals surface area contributed by atoms with Crippen LogP contribution in [0, 0.1) is 0 Å². The molecule has 0 bridgehead atoms. The van der Waals surface area contributed by atoms with E-state index in [1.54, 1.807) is 7.11 Å². The van der Waals surface area contributed by atoms with E-state index in [0.717, 1.165) is 33.8 Å². The second-order valence-electron chi connectivity index (χ2n) is 6.83. The van der Waals surface area contributed by atoms with Crippen LogP contribution in [0.15, 0.2) is 91.1 Å². The van der Waals surface area contributed by atoms with Gasteiger partial charge in [-0.1, -0.05) is 60.7 Å². The minimum Gasteiger partial charge on any atom is -0.497 e. The molecule has 0 N–H and O–H groups in total. The van der Waals surface area contributed by atoms with E-state index in [9.17, 15) is 4.79 Å². The molecule has 3 aromatic carbocycles. The van der Waals surface area contributed by atoms with Gasteiger partial charge >= 0.3 is 5.97 Å². The number of rotatable bonds is 7. The number of para-hydroxylation sites is 1. The summed E-state index contributed by atoms with van der Waals surface area (Å²) in [4.78, 5) is 12.4. The predicted octanol–water partition coefficient (Wildman–Crippen LogP) is 4.83. The number of nitrogens with zero attached hydrogens (tertiary/aromatic N) is 2. The molecule has 1 heterocycles. The fraction of sp³-hybridized carbons (Fsp3) is 0.120. The Hall–Kier alpha value is -3.86. The molecular formula is C25H22N2O3. The van der Waals surface area contributed by atoms with Gasteiger partial charge in [0.1, 0.15) is 12.4 Å². The van der Waals surface area contributed by atoms with E-state index in [0.29, 0.717) is 0 Å². The van der Waals surface area contributed by atoms with Crippen molar-refractivity contribution in [3.63, 3.8) is 0 Å². The van der Waals surface area contributed by atoms with Crippen LogP contribution in [0.25, 0.3) is 16.9 Å². The number of hydrogen-bond donors (Lipinski definition) is 0. The predicted molar refractivity (Wildman–Crippen MR) is 115 cm³/mol. The second kappa shape index (κ2) is 9.09. The highest BCUT2D eigenvalue weighted by Gasteiger charge is 2.14. The Labute approximate surface area is 175 Å². The van der Waals surface area contributed by atoms with E-state index >= 15 is 0 Å². The van der Waals surface area contributed by atoms with Crippen LogP contribution in [0.4, 0.5) is 0 Å². The summed E-state index contributed by atoms with van der Waals surface area (Å²) in [5, 5.41) is 4.74. The molecule has 0 saturated carbocycles. The van der Waals surface area contributed by atoms with E-state index in [1.165, 1.54) is 0 Å². The van der Waals surface area contributed by atoms with Gasteiger partial charge in [-0.3, -0.25) is 4.79 Å². The van der Waals surface area contributed by atoms with Gasteiger partial charge < -0.3 is 9.47 Å². The number of esters is 1. The molecule has 4 aromatic rings. The summed E-state index contributed by atoms with van der Waals surface area (Å²) in [5.74, 6) is 0.472. The zero-order chi connectivity index (χ0) is 20.8. The summed E-state index contributed by atoms with van der Waals surface area (Å²) in [5.41, 5.74) is 4.47. The second-order valence-corrected chi connectivity index (χ2v) is 6.83. The fourth-order valence-corrected chi connectivity index (χ4v) is 3.19. The number of hydrogen-bond acceptors (Lipinski definition) is 4. The average Bonchev–Trinajstić information content (AvgIpc) is 3.24. The van der Waals surface area contributed by atoms with Gasteiger partial charge in [-0.05, 0) is 29.8 Å². The fourth-order valence-electron chi connectivity index (χ4n) is 3.19. The van der Waals surface area contributed by atoms with Crippen LogP contribution in [0.1, 0.15) is 11.1 Å². The van der Waals surface area contributed by atoms with Crippen LogP contribution in [0.2, 0.25) is 0 Å². The first-order valence-corrected chi connectivity index (χ1v) is 9.71. The highest BCUT2D eigenvalue weighted by molar-refractivity contribution is 5.73. The third-order valence-electron chi connectivity index (χ3n) is 4.75. The van der Waals surface area contributed by atoms with Gasteiger partial charge in [0.25, 0.3) is 0 Å². The minimum atomic E-state index is -0.286. The maximum absolute atomic E-state index is 12.4. The molecule has 0 aliphatic carbocycles. The topological polar surface area (TPSA) is 53.4 Å². The van der Waals surface area contributed by atoms with E-state index in [4.69, 9.17) is 14.6 Å². The maximum Gasteiger partial charge on any atom is 0.310 e. The summed E-state index contributed by atoms with van der Waals surface area (Å²) in [6.45, 7) is 0.159. The number of methoxy groups -OCH3 is 1. The van der Waals surface area contributed by atoms with E-state index in [-0.39, 0.29) is 19.0 Å². The summed E-state index contributed by atoms with van der Waals surface area (Å²) in [6.07, 6.45) is 2.12. The van der Waals surface area contributed by atoms with Gasteiger partial charge in [0.15, 0.2) is 0 Å². The number of benzene rings is 3. The molecule has 150 valence electrons.